The van der Waals surface area contributed by atoms with Crippen molar-refractivity contribution in [1.82, 2.24) is 10.6 Å². The van der Waals surface area contributed by atoms with Gasteiger partial charge in [-0.15, -0.1) is 24.0 Å². The van der Waals surface area contributed by atoms with Crippen molar-refractivity contribution in [1.29, 1.82) is 0 Å². The highest BCUT2D eigenvalue weighted by atomic mass is 127. The van der Waals surface area contributed by atoms with E-state index in [0.717, 1.165) is 17.0 Å². The summed E-state index contributed by atoms with van der Waals surface area (Å²) in [5.41, 5.74) is 2.03. The summed E-state index contributed by atoms with van der Waals surface area (Å²) in [6, 6.07) is 15.2. The van der Waals surface area contributed by atoms with Crippen molar-refractivity contribution in [2.75, 3.05) is 25.5 Å². The van der Waals surface area contributed by atoms with Crippen molar-refractivity contribution in [3.8, 4) is 5.75 Å². The number of hydrogen-bond acceptors (Lipinski definition) is 3. The highest BCUT2D eigenvalue weighted by Gasteiger charge is 2.24. The lowest BCUT2D eigenvalue weighted by Gasteiger charge is -2.26. The number of nitrogens with one attached hydrogen (secondary N) is 3. The minimum absolute atomic E-state index is 0. The molecule has 3 N–H and O–H groups in total. The Balaban J connectivity index is 0.00000300. The van der Waals surface area contributed by atoms with E-state index in [0.29, 0.717) is 30.5 Å². The molecule has 0 spiro atoms. The zero-order chi connectivity index (χ0) is 19.9. The molecule has 3 rings (SSSR count). The van der Waals surface area contributed by atoms with Crippen molar-refractivity contribution in [2.45, 2.75) is 25.4 Å². The van der Waals surface area contributed by atoms with Crippen LogP contribution in [0, 0.1) is 0 Å². The molecule has 156 valence electrons. The average molecular weight is 529 g/mol. The maximum Gasteiger partial charge on any atom is 0.225 e. The van der Waals surface area contributed by atoms with Gasteiger partial charge in [0, 0.05) is 36.6 Å². The molecule has 0 fully saturated rings. The predicted molar refractivity (Wildman–Crippen MR) is 129 cm³/mol. The Labute approximate surface area is 193 Å². The molecule has 2 unspecified atom stereocenters. The van der Waals surface area contributed by atoms with E-state index in [1.54, 1.807) is 19.2 Å². The molecular formula is C21H26ClIN4O2. The number of anilines is 1. The van der Waals surface area contributed by atoms with Crippen molar-refractivity contribution in [3.05, 3.63) is 59.1 Å². The summed E-state index contributed by atoms with van der Waals surface area (Å²) in [5, 5.41) is 10.2. The molecule has 2 aromatic rings. The van der Waals surface area contributed by atoms with E-state index >= 15 is 0 Å². The second kappa shape index (κ2) is 11.3. The normalized spacial score (nSPS) is 16.7. The van der Waals surface area contributed by atoms with Crippen LogP contribution < -0.4 is 20.7 Å². The highest BCUT2D eigenvalue weighted by molar-refractivity contribution is 14.0. The van der Waals surface area contributed by atoms with Crippen molar-refractivity contribution < 1.29 is 9.53 Å². The monoisotopic (exact) mass is 528 g/mol. The minimum atomic E-state index is -0.0547. The van der Waals surface area contributed by atoms with Gasteiger partial charge in [-0.05, 0) is 42.8 Å². The number of carbonyl (C=O) groups excluding carboxylic acids is 1. The number of para-hydroxylation sites is 1. The molecule has 0 radical (unpaired) electrons. The second-order valence-corrected chi connectivity index (χ2v) is 7.19. The van der Waals surface area contributed by atoms with Crippen LogP contribution in [0.3, 0.4) is 0 Å². The number of benzene rings is 2. The lowest BCUT2D eigenvalue weighted by molar-refractivity contribution is -0.116. The van der Waals surface area contributed by atoms with Gasteiger partial charge in [0.05, 0.1) is 6.54 Å². The lowest BCUT2D eigenvalue weighted by atomic mass is 9.90. The van der Waals surface area contributed by atoms with Gasteiger partial charge in [0.2, 0.25) is 5.91 Å². The topological polar surface area (TPSA) is 74.8 Å². The van der Waals surface area contributed by atoms with Crippen LogP contribution in [-0.2, 0) is 4.79 Å². The summed E-state index contributed by atoms with van der Waals surface area (Å²) in [6.45, 7) is 3.19. The van der Waals surface area contributed by atoms with Crippen LogP contribution in [0.15, 0.2) is 53.5 Å². The third-order valence-corrected chi connectivity index (χ3v) is 4.81. The first-order valence-corrected chi connectivity index (χ1v) is 9.68. The number of halogens is 2. The van der Waals surface area contributed by atoms with Crippen LogP contribution in [0.2, 0.25) is 5.02 Å². The van der Waals surface area contributed by atoms with Gasteiger partial charge in [-0.1, -0.05) is 29.8 Å². The number of aliphatic imine (C=N–C) groups is 1. The van der Waals surface area contributed by atoms with Gasteiger partial charge in [-0.25, -0.2) is 0 Å². The minimum Gasteiger partial charge on any atom is -0.489 e. The smallest absolute Gasteiger partial charge is 0.225 e. The third-order valence-electron chi connectivity index (χ3n) is 4.55. The number of amides is 1. The standard InChI is InChI=1S/C21H25ClN4O2.HI/c1-14(28-17-9-7-16(22)8-10-17)12-24-21(23-2)25-13-15-11-20(27)26-19-6-4-3-5-18(15)19;/h3-10,14-15H,11-13H2,1-2H3,(H,26,27)(H2,23,24,25);1H. The summed E-state index contributed by atoms with van der Waals surface area (Å²) in [5.74, 6) is 1.59. The summed E-state index contributed by atoms with van der Waals surface area (Å²) in [6.07, 6.45) is 0.401. The zero-order valence-electron chi connectivity index (χ0n) is 16.4. The molecule has 2 atom stereocenters. The van der Waals surface area contributed by atoms with Crippen LogP contribution in [0.25, 0.3) is 0 Å². The molecule has 0 aromatic heterocycles. The Bertz CT molecular complexity index is 845. The number of ether oxygens (including phenoxy) is 1. The van der Waals surface area contributed by atoms with E-state index in [-0.39, 0.29) is 41.9 Å². The van der Waals surface area contributed by atoms with Crippen LogP contribution in [0.1, 0.15) is 24.8 Å². The zero-order valence-corrected chi connectivity index (χ0v) is 19.5. The van der Waals surface area contributed by atoms with Gasteiger partial charge in [0.25, 0.3) is 0 Å². The molecule has 8 heteroatoms. The Morgan fingerprint density at radius 2 is 1.97 bits per heavy atom. The first-order valence-electron chi connectivity index (χ1n) is 9.30. The van der Waals surface area contributed by atoms with Crippen molar-refractivity contribution >= 4 is 53.1 Å². The fourth-order valence-electron chi connectivity index (χ4n) is 3.15. The van der Waals surface area contributed by atoms with Gasteiger partial charge >= 0.3 is 0 Å². The first-order chi connectivity index (χ1) is 13.5. The molecule has 1 heterocycles. The number of guanidine groups is 1. The van der Waals surface area contributed by atoms with Gasteiger partial charge in [0.15, 0.2) is 5.96 Å². The third kappa shape index (κ3) is 6.78. The molecule has 1 aliphatic heterocycles. The number of nitrogens with zero attached hydrogens (tertiary/aromatic N) is 1. The van der Waals surface area contributed by atoms with Gasteiger partial charge in [-0.3, -0.25) is 9.79 Å². The van der Waals surface area contributed by atoms with Crippen LogP contribution in [0.5, 0.6) is 5.75 Å². The fourth-order valence-corrected chi connectivity index (χ4v) is 3.28. The van der Waals surface area contributed by atoms with E-state index in [1.165, 1.54) is 0 Å². The summed E-state index contributed by atoms with van der Waals surface area (Å²) < 4.78 is 5.86. The summed E-state index contributed by atoms with van der Waals surface area (Å²) in [4.78, 5) is 16.2. The average Bonchev–Trinajstić information content (AvgIpc) is 2.69. The molecular weight excluding hydrogens is 503 g/mol. The molecule has 1 aliphatic rings. The molecule has 2 aromatic carbocycles. The van der Waals surface area contributed by atoms with Crippen LogP contribution >= 0.6 is 35.6 Å². The Morgan fingerprint density at radius 1 is 1.24 bits per heavy atom. The maximum atomic E-state index is 12.0. The largest absolute Gasteiger partial charge is 0.489 e. The molecule has 1 amide bonds. The number of hydrogen-bond donors (Lipinski definition) is 3. The van der Waals surface area contributed by atoms with E-state index in [9.17, 15) is 4.79 Å². The quantitative estimate of drug-likeness (QED) is 0.301. The molecule has 0 saturated heterocycles. The number of fused-ring (bicyclic) bond motifs is 1. The molecule has 0 bridgehead atoms. The van der Waals surface area contributed by atoms with Crippen LogP contribution in [0.4, 0.5) is 5.69 Å². The molecule has 6 nitrogen and oxygen atoms in total. The Hall–Kier alpha value is -2.00. The van der Waals surface area contributed by atoms with Gasteiger partial charge in [0.1, 0.15) is 11.9 Å². The number of rotatable bonds is 6. The fraction of sp³-hybridized carbons (Fsp3) is 0.333. The summed E-state index contributed by atoms with van der Waals surface area (Å²) >= 11 is 5.89. The van der Waals surface area contributed by atoms with Crippen LogP contribution in [-0.4, -0.2) is 38.1 Å². The number of carbonyl (C=O) groups is 1. The second-order valence-electron chi connectivity index (χ2n) is 6.75. The maximum absolute atomic E-state index is 12.0. The molecule has 0 saturated carbocycles. The van der Waals surface area contributed by atoms with Gasteiger partial charge in [-0.2, -0.15) is 0 Å². The SMILES string of the molecule is CN=C(NCC(C)Oc1ccc(Cl)cc1)NCC1CC(=O)Nc2ccccc21.I. The Kier molecular flexibility index (Phi) is 9.03. The molecule has 29 heavy (non-hydrogen) atoms. The van der Waals surface area contributed by atoms with E-state index in [2.05, 4.69) is 27.0 Å². The first kappa shape index (κ1) is 23.3. The van der Waals surface area contributed by atoms with Crippen molar-refractivity contribution in [2.24, 2.45) is 4.99 Å². The predicted octanol–water partition coefficient (Wildman–Crippen LogP) is 4.02. The summed E-state index contributed by atoms with van der Waals surface area (Å²) in [7, 11) is 1.72. The van der Waals surface area contributed by atoms with E-state index in [4.69, 9.17) is 16.3 Å². The van der Waals surface area contributed by atoms with Crippen molar-refractivity contribution in [3.63, 3.8) is 0 Å². The van der Waals surface area contributed by atoms with E-state index in [1.807, 2.05) is 37.3 Å². The van der Waals surface area contributed by atoms with Gasteiger partial charge < -0.3 is 20.7 Å². The highest BCUT2D eigenvalue weighted by Crippen LogP contribution is 2.31. The Morgan fingerprint density at radius 3 is 2.69 bits per heavy atom. The lowest BCUT2D eigenvalue weighted by Crippen LogP contribution is -2.43. The van der Waals surface area contributed by atoms with E-state index < -0.39 is 0 Å². The molecule has 0 aliphatic carbocycles.